The van der Waals surface area contributed by atoms with Crippen LogP contribution < -0.4 is 14.1 Å². The highest BCUT2D eigenvalue weighted by molar-refractivity contribution is 14.1. The largest absolute Gasteiger partial charge is 0.462 e. The minimum Gasteiger partial charge on any atom is -0.462 e. The third-order valence-electron chi connectivity index (χ3n) is 5.16. The number of ether oxygens (including phenoxy) is 1. The van der Waals surface area contributed by atoms with Gasteiger partial charge >= 0.3 is 5.97 Å². The monoisotopic (exact) mass is 551 g/mol. The number of hydrogen-bond acceptors (Lipinski definition) is 6. The van der Waals surface area contributed by atoms with Gasteiger partial charge in [-0.2, -0.15) is 0 Å². The summed E-state index contributed by atoms with van der Waals surface area (Å²) in [5.74, 6) is -0.632. The number of benzene rings is 1. The lowest BCUT2D eigenvalue weighted by Crippen LogP contribution is -2.29. The van der Waals surface area contributed by atoms with E-state index >= 15 is 0 Å². The highest BCUT2D eigenvalue weighted by Gasteiger charge is 2.26. The lowest BCUT2D eigenvalue weighted by molar-refractivity contribution is 0.0522. The molecule has 4 rings (SSSR count). The second-order valence-electron chi connectivity index (χ2n) is 7.44. The molecule has 0 aliphatic rings. The van der Waals surface area contributed by atoms with Crippen LogP contribution >= 0.6 is 23.0 Å². The van der Waals surface area contributed by atoms with Crippen molar-refractivity contribution in [1.82, 2.24) is 14.5 Å². The zero-order valence-electron chi connectivity index (χ0n) is 18.0. The average Bonchev–Trinajstić information content (AvgIpc) is 2.82. The Morgan fingerprint density at radius 2 is 1.85 bits per heavy atom. The Balaban J connectivity index is 1.99. The predicted octanol–water partition coefficient (Wildman–Crippen LogP) is 3.51. The molecule has 0 saturated heterocycles. The normalized spacial score (nSPS) is 10.9. The Morgan fingerprint density at radius 3 is 2.48 bits per heavy atom. The molecule has 164 valence electrons. The first kappa shape index (κ1) is 23.0. The highest BCUT2D eigenvalue weighted by atomic mass is 127. The van der Waals surface area contributed by atoms with Crippen molar-refractivity contribution in [3.63, 3.8) is 0 Å². The SMILES string of the molecule is [B]c1ccc(Cn2c(=O)c(C(=O)OCC)c(OI)c3cc(-c4ccc(C)cc4)cnc32)nc1. The first-order valence-electron chi connectivity index (χ1n) is 10.2. The van der Waals surface area contributed by atoms with E-state index in [1.54, 1.807) is 48.3 Å². The van der Waals surface area contributed by atoms with Crippen molar-refractivity contribution in [3.8, 4) is 16.9 Å². The van der Waals surface area contributed by atoms with E-state index in [2.05, 4.69) is 9.97 Å². The summed E-state index contributed by atoms with van der Waals surface area (Å²) in [6.07, 6.45) is 3.21. The molecule has 0 bridgehead atoms. The van der Waals surface area contributed by atoms with Crippen molar-refractivity contribution >= 4 is 53.3 Å². The molecule has 0 aliphatic heterocycles. The van der Waals surface area contributed by atoms with Gasteiger partial charge in [0.1, 0.15) is 13.5 Å². The second kappa shape index (κ2) is 9.74. The summed E-state index contributed by atoms with van der Waals surface area (Å²) in [6, 6.07) is 13.3. The summed E-state index contributed by atoms with van der Waals surface area (Å²) in [4.78, 5) is 35.1. The maximum Gasteiger partial charge on any atom is 0.347 e. The molecule has 9 heteroatoms. The van der Waals surface area contributed by atoms with Crippen LogP contribution in [0.5, 0.6) is 5.75 Å². The molecule has 0 spiro atoms. The minimum absolute atomic E-state index is 0.0976. The molecular weight excluding hydrogens is 532 g/mol. The number of aryl methyl sites for hydroxylation is 1. The van der Waals surface area contributed by atoms with Crippen molar-refractivity contribution in [2.45, 2.75) is 20.4 Å². The summed E-state index contributed by atoms with van der Waals surface area (Å²) in [5.41, 5.74) is 3.63. The number of nitrogens with zero attached hydrogens (tertiary/aromatic N) is 3. The molecule has 1 aromatic carbocycles. The van der Waals surface area contributed by atoms with Crippen LogP contribution in [0.2, 0.25) is 0 Å². The standard InChI is InChI=1S/C24H19BIN3O4/c1-3-32-24(31)20-21(33-26)19-10-16(15-6-4-14(2)5-7-15)11-28-22(19)29(23(20)30)13-18-9-8-17(25)12-27-18/h4-12H,3,13H2,1-2H3. The number of halogens is 1. The van der Waals surface area contributed by atoms with Gasteiger partial charge in [0, 0.05) is 18.0 Å². The zero-order chi connectivity index (χ0) is 23.5. The maximum atomic E-state index is 13.4. The molecule has 0 unspecified atom stereocenters. The van der Waals surface area contributed by atoms with Crippen LogP contribution in [0.3, 0.4) is 0 Å². The van der Waals surface area contributed by atoms with E-state index in [9.17, 15) is 9.59 Å². The Labute approximate surface area is 205 Å². The molecule has 0 amide bonds. The van der Waals surface area contributed by atoms with Crippen LogP contribution in [0.15, 0.2) is 59.7 Å². The summed E-state index contributed by atoms with van der Waals surface area (Å²) < 4.78 is 12.1. The van der Waals surface area contributed by atoms with Gasteiger partial charge in [-0.15, -0.1) is 0 Å². The fourth-order valence-corrected chi connectivity index (χ4v) is 3.97. The van der Waals surface area contributed by atoms with Crippen LogP contribution in [0.4, 0.5) is 0 Å². The lowest BCUT2D eigenvalue weighted by Gasteiger charge is -2.16. The Kier molecular flexibility index (Phi) is 6.78. The third-order valence-corrected chi connectivity index (χ3v) is 5.60. The molecule has 0 saturated carbocycles. The first-order chi connectivity index (χ1) is 15.9. The molecule has 0 N–H and O–H groups in total. The van der Waals surface area contributed by atoms with Crippen LogP contribution in [0, 0.1) is 6.92 Å². The molecule has 33 heavy (non-hydrogen) atoms. The molecule has 0 aliphatic carbocycles. The highest BCUT2D eigenvalue weighted by Crippen LogP contribution is 2.32. The summed E-state index contributed by atoms with van der Waals surface area (Å²) in [5, 5.41) is 0.514. The van der Waals surface area contributed by atoms with Gasteiger partial charge in [0.15, 0.2) is 34.3 Å². The van der Waals surface area contributed by atoms with Gasteiger partial charge in [0.25, 0.3) is 5.56 Å². The number of carbonyl (C=O) groups excluding carboxylic acids is 1. The first-order valence-corrected chi connectivity index (χ1v) is 11.1. The molecule has 2 radical (unpaired) electrons. The lowest BCUT2D eigenvalue weighted by atomic mass is 9.99. The van der Waals surface area contributed by atoms with E-state index in [4.69, 9.17) is 15.6 Å². The number of hydrogen-bond donors (Lipinski definition) is 0. The van der Waals surface area contributed by atoms with Crippen molar-refractivity contribution in [2.75, 3.05) is 6.61 Å². The fraction of sp³-hybridized carbons (Fsp3) is 0.167. The predicted molar refractivity (Wildman–Crippen MR) is 136 cm³/mol. The van der Waals surface area contributed by atoms with Gasteiger partial charge in [-0.05, 0) is 31.5 Å². The van der Waals surface area contributed by atoms with Gasteiger partial charge in [-0.25, -0.2) is 9.78 Å². The molecule has 0 fully saturated rings. The van der Waals surface area contributed by atoms with Gasteiger partial charge < -0.3 is 7.80 Å². The molecule has 0 atom stereocenters. The van der Waals surface area contributed by atoms with Gasteiger partial charge in [0.05, 0.1) is 24.2 Å². The maximum absolute atomic E-state index is 13.4. The van der Waals surface area contributed by atoms with Crippen molar-refractivity contribution in [1.29, 1.82) is 0 Å². The number of esters is 1. The molecule has 7 nitrogen and oxygen atoms in total. The van der Waals surface area contributed by atoms with Crippen molar-refractivity contribution in [3.05, 3.63) is 82.0 Å². The smallest absolute Gasteiger partial charge is 0.347 e. The molecular formula is C24H19BIN3O4. The van der Waals surface area contributed by atoms with Gasteiger partial charge in [-0.3, -0.25) is 14.3 Å². The van der Waals surface area contributed by atoms with E-state index < -0.39 is 11.5 Å². The van der Waals surface area contributed by atoms with E-state index in [1.807, 2.05) is 37.3 Å². The third kappa shape index (κ3) is 4.63. The van der Waals surface area contributed by atoms with Gasteiger partial charge in [-0.1, -0.05) is 41.4 Å². The Hall–Kier alpha value is -3.21. The van der Waals surface area contributed by atoms with Gasteiger partial charge in [0.2, 0.25) is 0 Å². The van der Waals surface area contributed by atoms with Crippen LogP contribution in [0.1, 0.15) is 28.5 Å². The number of fused-ring (bicyclic) bond motifs is 1. The second-order valence-corrected chi connectivity index (χ2v) is 7.88. The number of carbonyl (C=O) groups is 1. The van der Waals surface area contributed by atoms with Crippen molar-refractivity contribution in [2.24, 2.45) is 0 Å². The van der Waals surface area contributed by atoms with E-state index in [-0.39, 0.29) is 24.5 Å². The van der Waals surface area contributed by atoms with E-state index in [1.165, 1.54) is 10.8 Å². The Bertz CT molecular complexity index is 1390. The quantitative estimate of drug-likeness (QED) is 0.207. The van der Waals surface area contributed by atoms with Crippen LogP contribution in [-0.4, -0.2) is 35.0 Å². The number of pyridine rings is 3. The van der Waals surface area contributed by atoms with Crippen LogP contribution in [-0.2, 0) is 11.3 Å². The number of rotatable bonds is 6. The van der Waals surface area contributed by atoms with E-state index in [0.29, 0.717) is 22.2 Å². The molecule has 4 aromatic rings. The zero-order valence-corrected chi connectivity index (χ0v) is 20.2. The summed E-state index contributed by atoms with van der Waals surface area (Å²) in [7, 11) is 5.73. The van der Waals surface area contributed by atoms with Crippen LogP contribution in [0.25, 0.3) is 22.2 Å². The Morgan fingerprint density at radius 1 is 1.09 bits per heavy atom. The topological polar surface area (TPSA) is 83.3 Å². The number of aromatic nitrogens is 3. The molecule has 3 heterocycles. The van der Waals surface area contributed by atoms with Crippen molar-refractivity contribution < 1.29 is 12.6 Å². The summed E-state index contributed by atoms with van der Waals surface area (Å²) in [6.45, 7) is 3.91. The van der Waals surface area contributed by atoms with E-state index in [0.717, 1.165) is 16.7 Å². The fourth-order valence-electron chi connectivity index (χ4n) is 3.51. The minimum atomic E-state index is -0.754. The molecule has 3 aromatic heterocycles. The average molecular weight is 551 g/mol. The summed E-state index contributed by atoms with van der Waals surface area (Å²) >= 11 is 1.67.